The summed E-state index contributed by atoms with van der Waals surface area (Å²) < 4.78 is 4.04. The van der Waals surface area contributed by atoms with Gasteiger partial charge in [0.05, 0.1) is 10.9 Å². The number of aromatic nitrogens is 7. The number of rotatable bonds is 3. The molecular formula is C26H19N7. The summed E-state index contributed by atoms with van der Waals surface area (Å²) in [6, 6.07) is 15.6. The van der Waals surface area contributed by atoms with Crippen molar-refractivity contribution < 1.29 is 0 Å². The normalized spacial score (nSPS) is 12.9. The molecule has 0 bridgehead atoms. The molecule has 6 heterocycles. The van der Waals surface area contributed by atoms with E-state index >= 15 is 0 Å². The van der Waals surface area contributed by atoms with Gasteiger partial charge in [-0.3, -0.25) is 14.1 Å². The highest BCUT2D eigenvalue weighted by Gasteiger charge is 2.20. The van der Waals surface area contributed by atoms with Crippen LogP contribution in [-0.2, 0) is 0 Å². The van der Waals surface area contributed by atoms with Gasteiger partial charge in [-0.05, 0) is 43.3 Å². The number of pyridine rings is 3. The van der Waals surface area contributed by atoms with E-state index in [9.17, 15) is 0 Å². The first-order chi connectivity index (χ1) is 16.3. The Morgan fingerprint density at radius 3 is 2.09 bits per heavy atom. The average molecular weight is 429 g/mol. The van der Waals surface area contributed by atoms with Gasteiger partial charge in [0.15, 0.2) is 11.3 Å². The molecule has 0 saturated carbocycles. The summed E-state index contributed by atoms with van der Waals surface area (Å²) in [6.07, 6.45) is 11.1. The van der Waals surface area contributed by atoms with Crippen molar-refractivity contribution in [3.63, 3.8) is 0 Å². The van der Waals surface area contributed by atoms with Crippen molar-refractivity contribution >= 4 is 45.5 Å². The second-order valence-electron chi connectivity index (χ2n) is 7.48. The Balaban J connectivity index is 1.87. The predicted molar refractivity (Wildman–Crippen MR) is 131 cm³/mol. The molecule has 0 amide bonds. The zero-order chi connectivity index (χ0) is 22.4. The minimum Gasteiger partial charge on any atom is -0.277 e. The molecular weight excluding hydrogens is 410 g/mol. The van der Waals surface area contributed by atoms with Crippen LogP contribution in [0.25, 0.3) is 57.1 Å². The smallest absolute Gasteiger partial charge is 0.169 e. The molecule has 0 saturated heterocycles. The van der Waals surface area contributed by atoms with Crippen molar-refractivity contribution in [2.24, 2.45) is 0 Å². The lowest BCUT2D eigenvalue weighted by molar-refractivity contribution is 0.980. The van der Waals surface area contributed by atoms with Crippen LogP contribution in [0.4, 0.5) is 0 Å². The summed E-state index contributed by atoms with van der Waals surface area (Å²) in [5, 5.41) is 1.90. The standard InChI is InChI=1S/C26H19N7/c1-3-10-17-18(4-2)32(20-12-5-7-14-27-20)25-22(17)30-24-23-19(11-9-16-29-23)33(26(24)31-25)21-13-6-8-15-28-21/h3-16H,1H2,2H3/b17-10+,18-4+. The lowest BCUT2D eigenvalue weighted by Crippen LogP contribution is -2.28. The van der Waals surface area contributed by atoms with Gasteiger partial charge in [-0.1, -0.05) is 36.9 Å². The van der Waals surface area contributed by atoms with Gasteiger partial charge >= 0.3 is 0 Å². The maximum absolute atomic E-state index is 5.15. The summed E-state index contributed by atoms with van der Waals surface area (Å²) in [5.74, 6) is 1.53. The Morgan fingerprint density at radius 2 is 1.42 bits per heavy atom. The highest BCUT2D eigenvalue weighted by atomic mass is 15.2. The highest BCUT2D eigenvalue weighted by molar-refractivity contribution is 6.05. The molecule has 0 aliphatic rings. The fourth-order valence-electron chi connectivity index (χ4n) is 4.30. The Morgan fingerprint density at radius 1 is 0.727 bits per heavy atom. The Kier molecular flexibility index (Phi) is 4.33. The van der Waals surface area contributed by atoms with Crippen LogP contribution >= 0.6 is 0 Å². The van der Waals surface area contributed by atoms with Crippen molar-refractivity contribution in [2.75, 3.05) is 0 Å². The molecule has 158 valence electrons. The van der Waals surface area contributed by atoms with Crippen molar-refractivity contribution in [2.45, 2.75) is 6.92 Å². The Labute approximate surface area is 188 Å². The van der Waals surface area contributed by atoms with Gasteiger partial charge < -0.3 is 0 Å². The monoisotopic (exact) mass is 429 g/mol. The fraction of sp³-hybridized carbons (Fsp3) is 0.0385. The molecule has 33 heavy (non-hydrogen) atoms. The van der Waals surface area contributed by atoms with E-state index in [2.05, 4.69) is 21.5 Å². The molecule has 0 atom stereocenters. The molecule has 7 nitrogen and oxygen atoms in total. The summed E-state index contributed by atoms with van der Waals surface area (Å²) >= 11 is 0. The summed E-state index contributed by atoms with van der Waals surface area (Å²) in [5.41, 5.74) is 4.58. The first kappa shape index (κ1) is 19.1. The third kappa shape index (κ3) is 2.79. The van der Waals surface area contributed by atoms with Crippen LogP contribution in [-0.4, -0.2) is 34.1 Å². The summed E-state index contributed by atoms with van der Waals surface area (Å²) in [4.78, 5) is 24.1. The molecule has 7 heteroatoms. The fourth-order valence-corrected chi connectivity index (χ4v) is 4.30. The molecule has 0 aliphatic carbocycles. The van der Waals surface area contributed by atoms with Gasteiger partial charge in [0, 0.05) is 23.8 Å². The van der Waals surface area contributed by atoms with Crippen molar-refractivity contribution in [1.82, 2.24) is 34.1 Å². The molecule has 0 N–H and O–H groups in total. The molecule has 0 aromatic carbocycles. The van der Waals surface area contributed by atoms with Gasteiger partial charge in [-0.15, -0.1) is 0 Å². The van der Waals surface area contributed by atoms with E-state index in [4.69, 9.17) is 9.97 Å². The first-order valence-electron chi connectivity index (χ1n) is 10.6. The maximum atomic E-state index is 5.15. The average Bonchev–Trinajstić information content (AvgIpc) is 3.36. The van der Waals surface area contributed by atoms with Crippen molar-refractivity contribution in [3.8, 4) is 11.6 Å². The number of allylic oxidation sites excluding steroid dienone is 1. The van der Waals surface area contributed by atoms with Crippen LogP contribution in [0.3, 0.4) is 0 Å². The third-order valence-electron chi connectivity index (χ3n) is 5.62. The van der Waals surface area contributed by atoms with Gasteiger partial charge in [0.25, 0.3) is 0 Å². The van der Waals surface area contributed by atoms with E-state index in [0.29, 0.717) is 11.3 Å². The number of hydrogen-bond donors (Lipinski definition) is 0. The van der Waals surface area contributed by atoms with Crippen LogP contribution in [0.2, 0.25) is 0 Å². The molecule has 0 fully saturated rings. The minimum absolute atomic E-state index is 0.692. The zero-order valence-corrected chi connectivity index (χ0v) is 17.9. The van der Waals surface area contributed by atoms with E-state index in [1.54, 1.807) is 24.7 Å². The molecule has 0 unspecified atom stereocenters. The molecule has 6 aromatic heterocycles. The Bertz CT molecular complexity index is 1780. The second-order valence-corrected chi connectivity index (χ2v) is 7.48. The number of fused-ring (bicyclic) bond motifs is 4. The van der Waals surface area contributed by atoms with Crippen LogP contribution in [0, 0.1) is 0 Å². The summed E-state index contributed by atoms with van der Waals surface area (Å²) in [6.45, 7) is 5.91. The zero-order valence-electron chi connectivity index (χ0n) is 17.9. The lowest BCUT2D eigenvalue weighted by atomic mass is 10.3. The lowest BCUT2D eigenvalue weighted by Gasteiger charge is -2.06. The topological polar surface area (TPSA) is 74.3 Å². The van der Waals surface area contributed by atoms with Crippen LogP contribution in [0.15, 0.2) is 79.8 Å². The number of nitrogens with zero attached hydrogens (tertiary/aromatic N) is 7. The van der Waals surface area contributed by atoms with Crippen LogP contribution in [0.1, 0.15) is 6.92 Å². The van der Waals surface area contributed by atoms with Gasteiger partial charge in [-0.25, -0.2) is 19.9 Å². The van der Waals surface area contributed by atoms with E-state index in [1.165, 1.54) is 0 Å². The molecule has 0 aliphatic heterocycles. The van der Waals surface area contributed by atoms with Gasteiger partial charge in [0.1, 0.15) is 28.2 Å². The Hall–Kier alpha value is -4.65. The van der Waals surface area contributed by atoms with Gasteiger partial charge in [-0.2, -0.15) is 0 Å². The maximum Gasteiger partial charge on any atom is 0.169 e. The molecule has 6 aromatic rings. The van der Waals surface area contributed by atoms with E-state index in [-0.39, 0.29) is 0 Å². The molecule has 6 rings (SSSR count). The van der Waals surface area contributed by atoms with Crippen LogP contribution < -0.4 is 10.6 Å². The van der Waals surface area contributed by atoms with E-state index in [0.717, 1.165) is 44.3 Å². The first-order valence-corrected chi connectivity index (χ1v) is 10.6. The van der Waals surface area contributed by atoms with E-state index < -0.39 is 0 Å². The third-order valence-corrected chi connectivity index (χ3v) is 5.62. The largest absolute Gasteiger partial charge is 0.277 e. The highest BCUT2D eigenvalue weighted by Crippen LogP contribution is 2.28. The quantitative estimate of drug-likeness (QED) is 0.431. The SMILES string of the molecule is C=C/C=c1\c(=C/C)n(-c2ccccn2)c2nc3c(nc12)c1ncccc1n3-c1ccccn1. The van der Waals surface area contributed by atoms with E-state index in [1.807, 2.05) is 76.7 Å². The summed E-state index contributed by atoms with van der Waals surface area (Å²) in [7, 11) is 0. The molecule has 0 radical (unpaired) electrons. The minimum atomic E-state index is 0.692. The molecule has 0 spiro atoms. The second kappa shape index (κ2) is 7.49. The van der Waals surface area contributed by atoms with Crippen molar-refractivity contribution in [1.29, 1.82) is 0 Å². The van der Waals surface area contributed by atoms with Crippen molar-refractivity contribution in [3.05, 3.63) is 90.3 Å². The predicted octanol–water partition coefficient (Wildman–Crippen LogP) is 3.47. The number of hydrogen-bond acceptors (Lipinski definition) is 5. The van der Waals surface area contributed by atoms with Crippen LogP contribution in [0.5, 0.6) is 0 Å². The van der Waals surface area contributed by atoms with Gasteiger partial charge in [0.2, 0.25) is 0 Å².